The summed E-state index contributed by atoms with van der Waals surface area (Å²) in [4.78, 5) is 22.2. The Labute approximate surface area is 143 Å². The van der Waals surface area contributed by atoms with Crippen molar-refractivity contribution in [1.29, 1.82) is 0 Å². The molecule has 0 aromatic heterocycles. The van der Waals surface area contributed by atoms with Crippen molar-refractivity contribution in [3.8, 4) is 0 Å². The number of ether oxygens (including phenoxy) is 1. The van der Waals surface area contributed by atoms with E-state index in [0.29, 0.717) is 18.6 Å². The van der Waals surface area contributed by atoms with Crippen LogP contribution in [0.3, 0.4) is 0 Å². The van der Waals surface area contributed by atoms with Gasteiger partial charge in [-0.05, 0) is 31.4 Å². The normalized spacial score (nSPS) is 18.4. The number of allylic oxidation sites excluding steroid dienone is 3. The average molecular weight is 330 g/mol. The summed E-state index contributed by atoms with van der Waals surface area (Å²) in [5, 5.41) is 9.03. The van der Waals surface area contributed by atoms with E-state index in [0.717, 1.165) is 19.3 Å². The number of aliphatic carboxylic acids is 1. The number of hydrogen-bond donors (Lipinski definition) is 1. The highest BCUT2D eigenvalue weighted by Crippen LogP contribution is 2.33. The zero-order valence-electron chi connectivity index (χ0n) is 14.4. The van der Waals surface area contributed by atoms with Crippen LogP contribution in [0.1, 0.15) is 49.9 Å². The predicted molar refractivity (Wildman–Crippen MR) is 94.9 cm³/mol. The second-order valence-corrected chi connectivity index (χ2v) is 5.70. The number of hydrogen-bond acceptors (Lipinski definition) is 3. The van der Waals surface area contributed by atoms with Gasteiger partial charge in [0.05, 0.1) is 17.6 Å². The molecule has 1 atom stereocenters. The van der Waals surface area contributed by atoms with E-state index in [1.54, 1.807) is 18.2 Å². The summed E-state index contributed by atoms with van der Waals surface area (Å²) in [6, 6.07) is 9.01. The minimum Gasteiger partial charge on any atom is -0.481 e. The minimum absolute atomic E-state index is 0.238. The van der Waals surface area contributed by atoms with Gasteiger partial charge in [-0.2, -0.15) is 0 Å². The fourth-order valence-corrected chi connectivity index (χ4v) is 2.41. The van der Waals surface area contributed by atoms with E-state index >= 15 is 0 Å². The topological polar surface area (TPSA) is 63.6 Å². The van der Waals surface area contributed by atoms with Crippen LogP contribution in [0, 0.1) is 5.41 Å². The highest BCUT2D eigenvalue weighted by atomic mass is 16.5. The Hall–Kier alpha value is -2.36. The van der Waals surface area contributed by atoms with Crippen LogP contribution in [-0.4, -0.2) is 23.7 Å². The number of rotatable bonds is 6. The average Bonchev–Trinajstić information content (AvgIpc) is 2.62. The highest BCUT2D eigenvalue weighted by Gasteiger charge is 2.34. The molecule has 24 heavy (non-hydrogen) atoms. The molecule has 1 aliphatic rings. The summed E-state index contributed by atoms with van der Waals surface area (Å²) in [5.74, 6) is -0.942. The van der Waals surface area contributed by atoms with Crippen molar-refractivity contribution in [2.45, 2.75) is 39.5 Å². The van der Waals surface area contributed by atoms with Gasteiger partial charge in [0.1, 0.15) is 0 Å². The Kier molecular flexibility index (Phi) is 8.55. The number of carboxylic acid groups (broad SMARTS) is 1. The SMILES string of the molecule is CCCC1(C(=O)O)C=CC=CC1.CCCOC(=O)c1ccccc1. The van der Waals surface area contributed by atoms with Crippen molar-refractivity contribution in [3.63, 3.8) is 0 Å². The third-order valence-electron chi connectivity index (χ3n) is 3.71. The molecule has 0 heterocycles. The van der Waals surface area contributed by atoms with Gasteiger partial charge in [-0.15, -0.1) is 0 Å². The molecule has 0 amide bonds. The largest absolute Gasteiger partial charge is 0.481 e. The fraction of sp³-hybridized carbons (Fsp3) is 0.400. The van der Waals surface area contributed by atoms with Gasteiger partial charge < -0.3 is 9.84 Å². The number of benzene rings is 1. The molecule has 1 unspecified atom stereocenters. The van der Waals surface area contributed by atoms with Crippen molar-refractivity contribution >= 4 is 11.9 Å². The van der Waals surface area contributed by atoms with Crippen molar-refractivity contribution in [2.75, 3.05) is 6.61 Å². The summed E-state index contributed by atoms with van der Waals surface area (Å²) in [6.07, 6.45) is 10.6. The zero-order valence-corrected chi connectivity index (χ0v) is 14.4. The van der Waals surface area contributed by atoms with Crippen LogP contribution < -0.4 is 0 Å². The number of carbonyl (C=O) groups excluding carboxylic acids is 1. The van der Waals surface area contributed by atoms with E-state index in [1.165, 1.54) is 0 Å². The summed E-state index contributed by atoms with van der Waals surface area (Å²) in [5.41, 5.74) is -0.00491. The Morgan fingerprint density at radius 3 is 2.33 bits per heavy atom. The lowest BCUT2D eigenvalue weighted by Gasteiger charge is -2.25. The molecule has 2 rings (SSSR count). The van der Waals surface area contributed by atoms with Gasteiger partial charge in [0, 0.05) is 0 Å². The molecule has 4 heteroatoms. The second-order valence-electron chi connectivity index (χ2n) is 5.70. The van der Waals surface area contributed by atoms with E-state index in [9.17, 15) is 9.59 Å². The van der Waals surface area contributed by atoms with Gasteiger partial charge in [-0.25, -0.2) is 4.79 Å². The van der Waals surface area contributed by atoms with Crippen LogP contribution in [0.4, 0.5) is 0 Å². The molecule has 1 aromatic rings. The van der Waals surface area contributed by atoms with Gasteiger partial charge in [0.25, 0.3) is 0 Å². The van der Waals surface area contributed by atoms with E-state index in [4.69, 9.17) is 9.84 Å². The molecular formula is C20H26O4. The second kappa shape index (κ2) is 10.4. The fourth-order valence-electron chi connectivity index (χ4n) is 2.41. The quantitative estimate of drug-likeness (QED) is 0.773. The van der Waals surface area contributed by atoms with E-state index in [-0.39, 0.29) is 5.97 Å². The third kappa shape index (κ3) is 6.03. The van der Waals surface area contributed by atoms with Gasteiger partial charge in [0.15, 0.2) is 0 Å². The molecule has 0 fully saturated rings. The minimum atomic E-state index is -0.704. The van der Waals surface area contributed by atoms with Crippen LogP contribution in [0.5, 0.6) is 0 Å². The van der Waals surface area contributed by atoms with Gasteiger partial charge in [-0.1, -0.05) is 62.8 Å². The van der Waals surface area contributed by atoms with Crippen LogP contribution in [0.25, 0.3) is 0 Å². The smallest absolute Gasteiger partial charge is 0.338 e. The first-order chi connectivity index (χ1) is 11.6. The molecule has 130 valence electrons. The lowest BCUT2D eigenvalue weighted by atomic mass is 9.78. The maximum Gasteiger partial charge on any atom is 0.338 e. The number of esters is 1. The number of carbonyl (C=O) groups is 2. The standard InChI is InChI=1S/C10H12O2.C10H14O2/c1-2-8-12-10(11)9-6-4-3-5-7-9;1-2-6-10(9(11)12)7-4-3-5-8-10/h3-7H,2,8H2,1H3;3-5,7H,2,6,8H2,1H3,(H,11,12). The molecule has 0 spiro atoms. The number of carboxylic acids is 1. The van der Waals surface area contributed by atoms with E-state index < -0.39 is 11.4 Å². The molecule has 0 radical (unpaired) electrons. The molecule has 4 nitrogen and oxygen atoms in total. The van der Waals surface area contributed by atoms with E-state index in [2.05, 4.69) is 0 Å². The first-order valence-electron chi connectivity index (χ1n) is 8.35. The summed E-state index contributed by atoms with van der Waals surface area (Å²) in [6.45, 7) is 4.48. The van der Waals surface area contributed by atoms with Gasteiger partial charge in [-0.3, -0.25) is 4.79 Å². The molecule has 1 aliphatic carbocycles. The maximum absolute atomic E-state index is 11.2. The Morgan fingerprint density at radius 2 is 1.83 bits per heavy atom. The summed E-state index contributed by atoms with van der Waals surface area (Å²) >= 11 is 0. The van der Waals surface area contributed by atoms with Crippen LogP contribution in [0.15, 0.2) is 54.6 Å². The van der Waals surface area contributed by atoms with Gasteiger partial charge in [0.2, 0.25) is 0 Å². The molecule has 0 aliphatic heterocycles. The molecule has 0 saturated heterocycles. The van der Waals surface area contributed by atoms with Crippen LogP contribution >= 0.6 is 0 Å². The van der Waals surface area contributed by atoms with Gasteiger partial charge >= 0.3 is 11.9 Å². The summed E-state index contributed by atoms with van der Waals surface area (Å²) < 4.78 is 4.94. The monoisotopic (exact) mass is 330 g/mol. The lowest BCUT2D eigenvalue weighted by Crippen LogP contribution is -2.29. The van der Waals surface area contributed by atoms with Crippen molar-refractivity contribution < 1.29 is 19.4 Å². The van der Waals surface area contributed by atoms with Crippen LogP contribution in [-0.2, 0) is 9.53 Å². The molecule has 0 saturated carbocycles. The Balaban J connectivity index is 0.000000240. The van der Waals surface area contributed by atoms with Crippen molar-refractivity contribution in [1.82, 2.24) is 0 Å². The molecular weight excluding hydrogens is 304 g/mol. The van der Waals surface area contributed by atoms with Crippen molar-refractivity contribution in [2.24, 2.45) is 5.41 Å². The van der Waals surface area contributed by atoms with E-state index in [1.807, 2.05) is 50.3 Å². The van der Waals surface area contributed by atoms with Crippen LogP contribution in [0.2, 0.25) is 0 Å². The molecule has 1 aromatic carbocycles. The lowest BCUT2D eigenvalue weighted by molar-refractivity contribution is -0.146. The maximum atomic E-state index is 11.2. The molecule has 0 bridgehead atoms. The first-order valence-corrected chi connectivity index (χ1v) is 8.35. The highest BCUT2D eigenvalue weighted by molar-refractivity contribution is 5.89. The van der Waals surface area contributed by atoms with Crippen molar-refractivity contribution in [3.05, 3.63) is 60.2 Å². The molecule has 1 N–H and O–H groups in total. The summed E-state index contributed by atoms with van der Waals surface area (Å²) in [7, 11) is 0. The zero-order chi connectivity index (χ0) is 17.8. The first kappa shape index (κ1) is 19.7. The Morgan fingerprint density at radius 1 is 1.12 bits per heavy atom. The third-order valence-corrected chi connectivity index (χ3v) is 3.71. The predicted octanol–water partition coefficient (Wildman–Crippen LogP) is 4.63. The Bertz CT molecular complexity index is 575.